The first-order chi connectivity index (χ1) is 14.2. The number of aromatic amines is 1. The van der Waals surface area contributed by atoms with Crippen molar-refractivity contribution in [2.24, 2.45) is 0 Å². The topological polar surface area (TPSA) is 131 Å². The molecule has 0 aliphatic carbocycles. The molecule has 0 aromatic carbocycles. The highest BCUT2D eigenvalue weighted by Gasteiger charge is 2.24. The summed E-state index contributed by atoms with van der Waals surface area (Å²) in [5.74, 6) is 0.748. The van der Waals surface area contributed by atoms with Crippen molar-refractivity contribution in [3.05, 3.63) is 18.0 Å². The maximum Gasteiger partial charge on any atom is 0.199 e. The highest BCUT2D eigenvalue weighted by molar-refractivity contribution is 5.82. The van der Waals surface area contributed by atoms with E-state index in [9.17, 15) is 0 Å². The summed E-state index contributed by atoms with van der Waals surface area (Å²) in [6.07, 6.45) is 6.85. The summed E-state index contributed by atoms with van der Waals surface area (Å²) < 4.78 is 9.90. The standard InChI is InChI=1S/C19H28N8O2/c1-3-14(22-12-4-6-27(7-5-12)8-9-28-2)13-10-21-11-15-16(13)24-19(23-15)17-18(20)26-29-25-17/h10-12,14,22H,3-9H2,1-2H3,(H2,20,26)(H,23,24). The average Bonchev–Trinajstić information content (AvgIpc) is 3.37. The monoisotopic (exact) mass is 400 g/mol. The van der Waals surface area contributed by atoms with Crippen LogP contribution in [0.3, 0.4) is 0 Å². The first-order valence-corrected chi connectivity index (χ1v) is 10.1. The molecule has 1 unspecified atom stereocenters. The SMILES string of the molecule is CCC(NC1CCN(CCOC)CC1)c1cncc2nc(-c3nonc3N)[nH]c12. The first-order valence-electron chi connectivity index (χ1n) is 10.1. The Morgan fingerprint density at radius 1 is 1.34 bits per heavy atom. The Morgan fingerprint density at radius 3 is 2.86 bits per heavy atom. The number of rotatable bonds is 8. The number of imidazole rings is 1. The molecule has 1 aliphatic heterocycles. The molecule has 1 fully saturated rings. The van der Waals surface area contributed by atoms with E-state index in [-0.39, 0.29) is 11.9 Å². The molecule has 1 aliphatic rings. The summed E-state index contributed by atoms with van der Waals surface area (Å²) >= 11 is 0. The normalized spacial score (nSPS) is 17.2. The molecule has 0 saturated carbocycles. The summed E-state index contributed by atoms with van der Waals surface area (Å²) in [5.41, 5.74) is 9.04. The summed E-state index contributed by atoms with van der Waals surface area (Å²) in [6, 6.07) is 0.662. The Bertz CT molecular complexity index is 931. The third-order valence-corrected chi connectivity index (χ3v) is 5.59. The number of nitrogen functional groups attached to an aromatic ring is 1. The van der Waals surface area contributed by atoms with Gasteiger partial charge in [-0.05, 0) is 42.7 Å². The number of anilines is 1. The van der Waals surface area contributed by atoms with Gasteiger partial charge in [0.2, 0.25) is 0 Å². The quantitative estimate of drug-likeness (QED) is 0.517. The lowest BCUT2D eigenvalue weighted by atomic mass is 9.99. The molecule has 4 N–H and O–H groups in total. The summed E-state index contributed by atoms with van der Waals surface area (Å²) in [7, 11) is 1.75. The van der Waals surface area contributed by atoms with Crippen molar-refractivity contribution >= 4 is 16.9 Å². The molecule has 10 heteroatoms. The number of nitrogens with two attached hydrogens (primary N) is 1. The van der Waals surface area contributed by atoms with Crippen LogP contribution in [0.1, 0.15) is 37.8 Å². The number of likely N-dealkylation sites (tertiary alicyclic amines) is 1. The largest absolute Gasteiger partial charge is 0.383 e. The van der Waals surface area contributed by atoms with Crippen molar-refractivity contribution < 1.29 is 9.37 Å². The number of nitrogens with zero attached hydrogens (tertiary/aromatic N) is 5. The van der Waals surface area contributed by atoms with Crippen LogP contribution in [0.25, 0.3) is 22.6 Å². The highest BCUT2D eigenvalue weighted by Crippen LogP contribution is 2.28. The molecule has 3 aromatic heterocycles. The minimum Gasteiger partial charge on any atom is -0.383 e. The zero-order valence-electron chi connectivity index (χ0n) is 16.9. The van der Waals surface area contributed by atoms with Gasteiger partial charge < -0.3 is 25.7 Å². The van der Waals surface area contributed by atoms with E-state index in [1.165, 1.54) is 0 Å². The van der Waals surface area contributed by atoms with Gasteiger partial charge in [-0.2, -0.15) is 0 Å². The second kappa shape index (κ2) is 8.85. The van der Waals surface area contributed by atoms with Gasteiger partial charge in [-0.3, -0.25) is 4.98 Å². The number of pyridine rings is 1. The third kappa shape index (κ3) is 4.24. The third-order valence-electron chi connectivity index (χ3n) is 5.59. The Labute approximate surface area is 169 Å². The van der Waals surface area contributed by atoms with Crippen molar-refractivity contribution in [2.45, 2.75) is 38.3 Å². The van der Waals surface area contributed by atoms with Gasteiger partial charge >= 0.3 is 0 Å². The van der Waals surface area contributed by atoms with E-state index in [0.717, 1.165) is 62.1 Å². The van der Waals surface area contributed by atoms with Crippen molar-refractivity contribution in [2.75, 3.05) is 39.1 Å². The van der Waals surface area contributed by atoms with Crippen LogP contribution in [0.2, 0.25) is 0 Å². The molecule has 4 heterocycles. The van der Waals surface area contributed by atoms with Gasteiger partial charge in [-0.25, -0.2) is 9.61 Å². The molecule has 29 heavy (non-hydrogen) atoms. The lowest BCUT2D eigenvalue weighted by molar-refractivity contribution is 0.124. The van der Waals surface area contributed by atoms with Crippen LogP contribution in [0, 0.1) is 0 Å². The van der Waals surface area contributed by atoms with Crippen LogP contribution in [-0.4, -0.2) is 69.6 Å². The number of H-pyrrole nitrogens is 1. The van der Waals surface area contributed by atoms with Crippen molar-refractivity contribution in [3.63, 3.8) is 0 Å². The molecular formula is C19H28N8O2. The van der Waals surface area contributed by atoms with Crippen molar-refractivity contribution in [1.82, 2.24) is 35.5 Å². The van der Waals surface area contributed by atoms with E-state index in [1.807, 2.05) is 6.20 Å². The van der Waals surface area contributed by atoms with Crippen LogP contribution >= 0.6 is 0 Å². The predicted molar refractivity (Wildman–Crippen MR) is 109 cm³/mol. The van der Waals surface area contributed by atoms with Crippen LogP contribution in [-0.2, 0) is 4.74 Å². The lowest BCUT2D eigenvalue weighted by Crippen LogP contribution is -2.44. The van der Waals surface area contributed by atoms with Crippen molar-refractivity contribution in [3.8, 4) is 11.5 Å². The number of piperidine rings is 1. The number of hydrogen-bond acceptors (Lipinski definition) is 9. The van der Waals surface area contributed by atoms with Gasteiger partial charge in [-0.15, -0.1) is 0 Å². The van der Waals surface area contributed by atoms with Gasteiger partial charge in [0.05, 0.1) is 18.3 Å². The fourth-order valence-electron chi connectivity index (χ4n) is 3.94. The molecule has 156 valence electrons. The summed E-state index contributed by atoms with van der Waals surface area (Å²) in [5, 5.41) is 11.3. The number of ether oxygens (including phenoxy) is 1. The fraction of sp³-hybridized carbons (Fsp3) is 0.579. The number of aromatic nitrogens is 5. The highest BCUT2D eigenvalue weighted by atomic mass is 16.6. The number of fused-ring (bicyclic) bond motifs is 1. The number of methoxy groups -OCH3 is 1. The van der Waals surface area contributed by atoms with Crippen molar-refractivity contribution in [1.29, 1.82) is 0 Å². The lowest BCUT2D eigenvalue weighted by Gasteiger charge is -2.34. The number of nitrogens with one attached hydrogen (secondary N) is 2. The minimum absolute atomic E-state index is 0.183. The van der Waals surface area contributed by atoms with E-state index in [0.29, 0.717) is 17.6 Å². The van der Waals surface area contributed by atoms with Crippen LogP contribution in [0.5, 0.6) is 0 Å². The van der Waals surface area contributed by atoms with E-state index < -0.39 is 0 Å². The van der Waals surface area contributed by atoms with E-state index >= 15 is 0 Å². The van der Waals surface area contributed by atoms with Crippen LogP contribution in [0.4, 0.5) is 5.82 Å². The Hall–Kier alpha value is -2.56. The van der Waals surface area contributed by atoms with E-state index in [4.69, 9.17) is 15.1 Å². The fourth-order valence-corrected chi connectivity index (χ4v) is 3.94. The van der Waals surface area contributed by atoms with Crippen LogP contribution < -0.4 is 11.1 Å². The smallest absolute Gasteiger partial charge is 0.199 e. The maximum atomic E-state index is 5.82. The van der Waals surface area contributed by atoms with Gasteiger partial charge in [-0.1, -0.05) is 6.92 Å². The number of hydrogen-bond donors (Lipinski definition) is 3. The molecular weight excluding hydrogens is 372 g/mol. The maximum absolute atomic E-state index is 5.82. The second-order valence-corrected chi connectivity index (χ2v) is 7.44. The predicted octanol–water partition coefficient (Wildman–Crippen LogP) is 1.74. The first kappa shape index (κ1) is 19.7. The van der Waals surface area contributed by atoms with Gasteiger partial charge in [0.25, 0.3) is 0 Å². The Balaban J connectivity index is 1.50. The average molecular weight is 400 g/mol. The molecule has 0 spiro atoms. The van der Waals surface area contributed by atoms with Gasteiger partial charge in [0, 0.05) is 37.5 Å². The van der Waals surface area contributed by atoms with Gasteiger partial charge in [0.1, 0.15) is 5.52 Å². The molecule has 1 saturated heterocycles. The molecule has 1 atom stereocenters. The molecule has 0 radical (unpaired) electrons. The summed E-state index contributed by atoms with van der Waals surface area (Å²) in [6.45, 7) is 6.15. The van der Waals surface area contributed by atoms with Crippen LogP contribution in [0.15, 0.2) is 17.0 Å². The molecule has 0 bridgehead atoms. The summed E-state index contributed by atoms with van der Waals surface area (Å²) in [4.78, 5) is 14.8. The Morgan fingerprint density at radius 2 is 2.17 bits per heavy atom. The molecule has 0 amide bonds. The molecule has 10 nitrogen and oxygen atoms in total. The second-order valence-electron chi connectivity index (χ2n) is 7.44. The zero-order valence-corrected chi connectivity index (χ0v) is 16.9. The van der Waals surface area contributed by atoms with Gasteiger partial charge in [0.15, 0.2) is 17.3 Å². The minimum atomic E-state index is 0.183. The van der Waals surface area contributed by atoms with E-state index in [1.54, 1.807) is 13.3 Å². The van der Waals surface area contributed by atoms with E-state index in [2.05, 4.69) is 42.4 Å². The zero-order chi connectivity index (χ0) is 20.2. The Kier molecular flexibility index (Phi) is 6.02. The molecule has 4 rings (SSSR count). The molecule has 3 aromatic rings.